The maximum Gasteiger partial charge on any atom is 0.308 e. The Labute approximate surface area is 130 Å². The van der Waals surface area contributed by atoms with Gasteiger partial charge in [0.25, 0.3) is 0 Å². The summed E-state index contributed by atoms with van der Waals surface area (Å²) >= 11 is 0. The quantitative estimate of drug-likeness (QED) is 0.643. The van der Waals surface area contributed by atoms with Crippen molar-refractivity contribution in [2.45, 2.75) is 20.3 Å². The minimum atomic E-state index is -0.358. The van der Waals surface area contributed by atoms with Gasteiger partial charge in [0.1, 0.15) is 5.75 Å². The number of benzene rings is 2. The molecular formula is C18H19NO3. The van der Waals surface area contributed by atoms with Crippen LogP contribution in [0, 0.1) is 6.92 Å². The number of carbonyl (C=O) groups excluding carboxylic acids is 2. The Balaban J connectivity index is 2.03. The Kier molecular flexibility index (Phi) is 4.94. The summed E-state index contributed by atoms with van der Waals surface area (Å²) in [6.07, 6.45) is 0.296. The van der Waals surface area contributed by atoms with Crippen LogP contribution in [-0.4, -0.2) is 18.9 Å². The second kappa shape index (κ2) is 6.89. The van der Waals surface area contributed by atoms with Gasteiger partial charge in [-0.3, -0.25) is 9.59 Å². The van der Waals surface area contributed by atoms with E-state index in [9.17, 15) is 9.59 Å². The zero-order valence-corrected chi connectivity index (χ0v) is 13.0. The van der Waals surface area contributed by atoms with Crippen LogP contribution in [0.1, 0.15) is 18.1 Å². The third-order valence-electron chi connectivity index (χ3n) is 3.30. The molecule has 2 rings (SSSR count). The average Bonchev–Trinajstić information content (AvgIpc) is 2.48. The van der Waals surface area contributed by atoms with Crippen molar-refractivity contribution in [1.29, 1.82) is 0 Å². The van der Waals surface area contributed by atoms with Crippen LogP contribution in [0.5, 0.6) is 5.75 Å². The molecule has 0 aliphatic rings. The van der Waals surface area contributed by atoms with E-state index in [1.807, 2.05) is 31.2 Å². The number of likely N-dealkylation sites (N-methyl/N-ethyl adjacent to an activating group) is 1. The molecule has 4 nitrogen and oxygen atoms in total. The van der Waals surface area contributed by atoms with Crippen LogP contribution in [0.15, 0.2) is 48.5 Å². The number of anilines is 1. The normalized spacial score (nSPS) is 10.1. The molecule has 0 fully saturated rings. The molecule has 114 valence electrons. The molecule has 22 heavy (non-hydrogen) atoms. The van der Waals surface area contributed by atoms with Crippen LogP contribution in [0.2, 0.25) is 0 Å². The van der Waals surface area contributed by atoms with E-state index in [1.54, 1.807) is 36.2 Å². The molecule has 0 N–H and O–H groups in total. The molecule has 0 unspecified atom stereocenters. The van der Waals surface area contributed by atoms with E-state index in [0.29, 0.717) is 12.2 Å². The average molecular weight is 297 g/mol. The van der Waals surface area contributed by atoms with Crippen LogP contribution >= 0.6 is 0 Å². The zero-order valence-electron chi connectivity index (χ0n) is 13.0. The maximum absolute atomic E-state index is 12.3. The molecule has 1 amide bonds. The van der Waals surface area contributed by atoms with E-state index in [2.05, 4.69) is 0 Å². The van der Waals surface area contributed by atoms with E-state index in [-0.39, 0.29) is 11.9 Å². The first-order chi connectivity index (χ1) is 10.5. The SMILES string of the molecule is CC(=O)Oc1ccc(CC(=O)N(C)c2cccc(C)c2)cc1. The molecule has 0 saturated heterocycles. The van der Waals surface area contributed by atoms with Gasteiger partial charge in [0, 0.05) is 19.7 Å². The number of hydrogen-bond donors (Lipinski definition) is 0. The topological polar surface area (TPSA) is 46.6 Å². The fraction of sp³-hybridized carbons (Fsp3) is 0.222. The van der Waals surface area contributed by atoms with Crippen molar-refractivity contribution in [3.63, 3.8) is 0 Å². The molecule has 0 bridgehead atoms. The predicted octanol–water partition coefficient (Wildman–Crippen LogP) is 3.13. The maximum atomic E-state index is 12.3. The number of hydrogen-bond acceptors (Lipinski definition) is 3. The summed E-state index contributed by atoms with van der Waals surface area (Å²) in [5.41, 5.74) is 2.87. The highest BCUT2D eigenvalue weighted by Gasteiger charge is 2.12. The second-order valence-electron chi connectivity index (χ2n) is 5.21. The third kappa shape index (κ3) is 4.19. The van der Waals surface area contributed by atoms with E-state index < -0.39 is 0 Å². The molecule has 0 aliphatic carbocycles. The van der Waals surface area contributed by atoms with Gasteiger partial charge in [0.15, 0.2) is 0 Å². The number of ether oxygens (including phenoxy) is 1. The fourth-order valence-electron chi connectivity index (χ4n) is 2.12. The Morgan fingerprint density at radius 1 is 1.09 bits per heavy atom. The van der Waals surface area contributed by atoms with Crippen molar-refractivity contribution in [1.82, 2.24) is 0 Å². The first-order valence-electron chi connectivity index (χ1n) is 7.06. The largest absolute Gasteiger partial charge is 0.427 e. The molecule has 4 heteroatoms. The fourth-order valence-corrected chi connectivity index (χ4v) is 2.12. The van der Waals surface area contributed by atoms with Crippen molar-refractivity contribution < 1.29 is 14.3 Å². The molecule has 0 spiro atoms. The van der Waals surface area contributed by atoms with Crippen molar-refractivity contribution in [2.24, 2.45) is 0 Å². The van der Waals surface area contributed by atoms with Gasteiger partial charge in [-0.1, -0.05) is 24.3 Å². The summed E-state index contributed by atoms with van der Waals surface area (Å²) in [5.74, 6) is 0.129. The van der Waals surface area contributed by atoms with Gasteiger partial charge < -0.3 is 9.64 Å². The first kappa shape index (κ1) is 15.8. The van der Waals surface area contributed by atoms with E-state index in [0.717, 1.165) is 16.8 Å². The number of rotatable bonds is 4. The van der Waals surface area contributed by atoms with Gasteiger partial charge in [-0.15, -0.1) is 0 Å². The summed E-state index contributed by atoms with van der Waals surface area (Å²) in [7, 11) is 1.77. The van der Waals surface area contributed by atoms with E-state index in [4.69, 9.17) is 4.74 Å². The van der Waals surface area contributed by atoms with Crippen molar-refractivity contribution in [3.05, 3.63) is 59.7 Å². The van der Waals surface area contributed by atoms with Crippen LogP contribution in [0.4, 0.5) is 5.69 Å². The van der Waals surface area contributed by atoms with Gasteiger partial charge in [-0.05, 0) is 42.3 Å². The minimum Gasteiger partial charge on any atom is -0.427 e. The van der Waals surface area contributed by atoms with Crippen LogP contribution in [0.3, 0.4) is 0 Å². The Hall–Kier alpha value is -2.62. The van der Waals surface area contributed by atoms with Gasteiger partial charge in [0.05, 0.1) is 6.42 Å². The first-order valence-corrected chi connectivity index (χ1v) is 7.06. The van der Waals surface area contributed by atoms with Crippen LogP contribution in [-0.2, 0) is 16.0 Å². The number of amides is 1. The molecule has 0 aliphatic heterocycles. The minimum absolute atomic E-state index is 0.00540. The molecule has 2 aromatic carbocycles. The lowest BCUT2D eigenvalue weighted by Crippen LogP contribution is -2.27. The lowest BCUT2D eigenvalue weighted by molar-refractivity contribution is -0.131. The summed E-state index contributed by atoms with van der Waals surface area (Å²) in [4.78, 5) is 24.8. The van der Waals surface area contributed by atoms with Gasteiger partial charge in [-0.25, -0.2) is 0 Å². The molecule has 0 atom stereocenters. The molecule has 0 aromatic heterocycles. The smallest absolute Gasteiger partial charge is 0.308 e. The number of carbonyl (C=O) groups is 2. The molecule has 0 heterocycles. The highest BCUT2D eigenvalue weighted by Crippen LogP contribution is 2.17. The van der Waals surface area contributed by atoms with Crippen molar-refractivity contribution in [2.75, 3.05) is 11.9 Å². The van der Waals surface area contributed by atoms with Gasteiger partial charge in [0.2, 0.25) is 5.91 Å². The zero-order chi connectivity index (χ0) is 16.1. The lowest BCUT2D eigenvalue weighted by Gasteiger charge is -2.18. The van der Waals surface area contributed by atoms with Gasteiger partial charge in [-0.2, -0.15) is 0 Å². The number of aryl methyl sites for hydroxylation is 1. The van der Waals surface area contributed by atoms with Crippen molar-refractivity contribution in [3.8, 4) is 5.75 Å². The molecular weight excluding hydrogens is 278 g/mol. The summed E-state index contributed by atoms with van der Waals surface area (Å²) < 4.78 is 4.97. The van der Waals surface area contributed by atoms with Crippen LogP contribution < -0.4 is 9.64 Å². The second-order valence-corrected chi connectivity index (χ2v) is 5.21. The Morgan fingerprint density at radius 2 is 1.77 bits per heavy atom. The van der Waals surface area contributed by atoms with Gasteiger partial charge >= 0.3 is 5.97 Å². The van der Waals surface area contributed by atoms with E-state index >= 15 is 0 Å². The molecule has 0 saturated carbocycles. The Bertz CT molecular complexity index is 677. The lowest BCUT2D eigenvalue weighted by atomic mass is 10.1. The monoisotopic (exact) mass is 297 g/mol. The highest BCUT2D eigenvalue weighted by molar-refractivity contribution is 5.94. The predicted molar refractivity (Wildman–Crippen MR) is 86.0 cm³/mol. The summed E-state index contributed by atoms with van der Waals surface area (Å²) in [5, 5.41) is 0. The number of esters is 1. The standard InChI is InChI=1S/C18H19NO3/c1-13-5-4-6-16(11-13)19(3)18(21)12-15-7-9-17(10-8-15)22-14(2)20/h4-11H,12H2,1-3H3. The van der Waals surface area contributed by atoms with E-state index in [1.165, 1.54) is 6.92 Å². The van der Waals surface area contributed by atoms with Crippen molar-refractivity contribution >= 4 is 17.6 Å². The number of nitrogens with zero attached hydrogens (tertiary/aromatic N) is 1. The van der Waals surface area contributed by atoms with Crippen LogP contribution in [0.25, 0.3) is 0 Å². The highest BCUT2D eigenvalue weighted by atomic mass is 16.5. The molecule has 2 aromatic rings. The summed E-state index contributed by atoms with van der Waals surface area (Å²) in [6, 6.07) is 14.8. The Morgan fingerprint density at radius 3 is 2.36 bits per heavy atom. The summed E-state index contributed by atoms with van der Waals surface area (Å²) in [6.45, 7) is 3.35. The third-order valence-corrected chi connectivity index (χ3v) is 3.30. The molecule has 0 radical (unpaired) electrons.